The second-order valence-corrected chi connectivity index (χ2v) is 5.99. The number of para-hydroxylation sites is 1. The fourth-order valence-corrected chi connectivity index (χ4v) is 3.15. The molecule has 0 bridgehead atoms. The lowest BCUT2D eigenvalue weighted by Gasteiger charge is -2.21. The molecule has 1 fully saturated rings. The number of nitrogens with zero attached hydrogens (tertiary/aromatic N) is 1. The molecule has 0 unspecified atom stereocenters. The maximum atomic E-state index is 13.6. The lowest BCUT2D eigenvalue weighted by atomic mass is 10.2. The SMILES string of the molecule is O=C(CSC1CCNCC1)Nc1c(F)cccc1[N+](=O)[O-]. The van der Waals surface area contributed by atoms with E-state index in [-0.39, 0.29) is 11.4 Å². The molecule has 1 aliphatic heterocycles. The molecule has 8 heteroatoms. The van der Waals surface area contributed by atoms with Crippen LogP contribution in [0.5, 0.6) is 0 Å². The van der Waals surface area contributed by atoms with Gasteiger partial charge in [0.15, 0.2) is 11.5 Å². The Hall–Kier alpha value is -1.67. The van der Waals surface area contributed by atoms with E-state index >= 15 is 0 Å². The Bertz CT molecular complexity index is 535. The van der Waals surface area contributed by atoms with Crippen LogP contribution >= 0.6 is 11.8 Å². The third-order valence-electron chi connectivity index (χ3n) is 3.19. The van der Waals surface area contributed by atoms with Crippen LogP contribution in [-0.4, -0.2) is 34.9 Å². The van der Waals surface area contributed by atoms with Crippen LogP contribution in [0.2, 0.25) is 0 Å². The molecule has 1 saturated heterocycles. The molecule has 21 heavy (non-hydrogen) atoms. The van der Waals surface area contributed by atoms with Gasteiger partial charge in [-0.05, 0) is 32.0 Å². The van der Waals surface area contributed by atoms with Gasteiger partial charge >= 0.3 is 0 Å². The van der Waals surface area contributed by atoms with Crippen molar-refractivity contribution in [2.24, 2.45) is 0 Å². The number of thioether (sulfide) groups is 1. The third-order valence-corrected chi connectivity index (χ3v) is 4.56. The van der Waals surface area contributed by atoms with Gasteiger partial charge in [0.25, 0.3) is 5.69 Å². The van der Waals surface area contributed by atoms with Crippen molar-refractivity contribution in [3.05, 3.63) is 34.1 Å². The van der Waals surface area contributed by atoms with Gasteiger partial charge in [0.1, 0.15) is 0 Å². The summed E-state index contributed by atoms with van der Waals surface area (Å²) in [4.78, 5) is 22.0. The highest BCUT2D eigenvalue weighted by molar-refractivity contribution is 8.00. The van der Waals surface area contributed by atoms with Crippen molar-refractivity contribution in [2.45, 2.75) is 18.1 Å². The van der Waals surface area contributed by atoms with Crippen molar-refractivity contribution < 1.29 is 14.1 Å². The van der Waals surface area contributed by atoms with E-state index < -0.39 is 22.3 Å². The van der Waals surface area contributed by atoms with E-state index in [2.05, 4.69) is 10.6 Å². The van der Waals surface area contributed by atoms with Crippen molar-refractivity contribution in [1.29, 1.82) is 0 Å². The molecule has 2 rings (SSSR count). The van der Waals surface area contributed by atoms with Crippen molar-refractivity contribution in [2.75, 3.05) is 24.2 Å². The monoisotopic (exact) mass is 313 g/mol. The number of nitrogens with one attached hydrogen (secondary N) is 2. The molecule has 2 N–H and O–H groups in total. The van der Waals surface area contributed by atoms with Crippen molar-refractivity contribution in [3.63, 3.8) is 0 Å². The van der Waals surface area contributed by atoms with Crippen molar-refractivity contribution >= 4 is 29.0 Å². The molecule has 0 spiro atoms. The topological polar surface area (TPSA) is 84.3 Å². The summed E-state index contributed by atoms with van der Waals surface area (Å²) >= 11 is 1.50. The Labute approximate surface area is 125 Å². The highest BCUT2D eigenvalue weighted by Crippen LogP contribution is 2.27. The summed E-state index contributed by atoms with van der Waals surface area (Å²) < 4.78 is 13.6. The first-order valence-electron chi connectivity index (χ1n) is 6.63. The van der Waals surface area contributed by atoms with Crippen LogP contribution in [0.25, 0.3) is 0 Å². The van der Waals surface area contributed by atoms with Gasteiger partial charge in [-0.2, -0.15) is 0 Å². The molecule has 0 aliphatic carbocycles. The Kier molecular flexibility index (Phi) is 5.51. The van der Waals surface area contributed by atoms with E-state index in [1.54, 1.807) is 0 Å². The van der Waals surface area contributed by atoms with E-state index in [1.807, 2.05) is 0 Å². The minimum atomic E-state index is -0.801. The highest BCUT2D eigenvalue weighted by atomic mass is 32.2. The average molecular weight is 313 g/mol. The molecule has 0 saturated carbocycles. The number of piperidine rings is 1. The number of benzene rings is 1. The number of carbonyl (C=O) groups is 1. The quantitative estimate of drug-likeness (QED) is 0.643. The highest BCUT2D eigenvalue weighted by Gasteiger charge is 2.21. The van der Waals surface area contributed by atoms with E-state index in [0.717, 1.165) is 32.0 Å². The number of carbonyl (C=O) groups excluding carboxylic acids is 1. The lowest BCUT2D eigenvalue weighted by Crippen LogP contribution is -2.30. The second-order valence-electron chi connectivity index (χ2n) is 4.70. The molecule has 1 aliphatic rings. The predicted octanol–water partition coefficient (Wildman–Crippen LogP) is 2.16. The lowest BCUT2D eigenvalue weighted by molar-refractivity contribution is -0.384. The number of nitro benzene ring substituents is 1. The van der Waals surface area contributed by atoms with E-state index in [9.17, 15) is 19.3 Å². The van der Waals surface area contributed by atoms with Crippen LogP contribution in [-0.2, 0) is 4.79 Å². The first-order valence-corrected chi connectivity index (χ1v) is 7.68. The van der Waals surface area contributed by atoms with Crippen LogP contribution in [0.3, 0.4) is 0 Å². The molecule has 1 aromatic rings. The number of nitro groups is 1. The smallest absolute Gasteiger partial charge is 0.295 e. The minimum Gasteiger partial charge on any atom is -0.317 e. The zero-order chi connectivity index (χ0) is 15.2. The molecule has 1 heterocycles. The van der Waals surface area contributed by atoms with Crippen molar-refractivity contribution in [3.8, 4) is 0 Å². The molecular weight excluding hydrogens is 297 g/mol. The fourth-order valence-electron chi connectivity index (χ4n) is 2.12. The molecular formula is C13H16FN3O3S. The fraction of sp³-hybridized carbons (Fsp3) is 0.462. The molecule has 0 aromatic heterocycles. The number of hydrogen-bond donors (Lipinski definition) is 2. The maximum absolute atomic E-state index is 13.6. The number of amides is 1. The average Bonchev–Trinajstić information content (AvgIpc) is 2.48. The summed E-state index contributed by atoms with van der Waals surface area (Å²) in [5.41, 5.74) is -0.798. The van der Waals surface area contributed by atoms with Gasteiger partial charge in [-0.25, -0.2) is 4.39 Å². The number of rotatable bonds is 5. The van der Waals surface area contributed by atoms with Gasteiger partial charge in [0.05, 0.1) is 10.7 Å². The van der Waals surface area contributed by atoms with Gasteiger partial charge in [0.2, 0.25) is 5.91 Å². The Morgan fingerprint density at radius 2 is 2.19 bits per heavy atom. The summed E-state index contributed by atoms with van der Waals surface area (Å²) in [6.07, 6.45) is 1.97. The largest absolute Gasteiger partial charge is 0.317 e. The zero-order valence-electron chi connectivity index (χ0n) is 11.3. The summed E-state index contributed by atoms with van der Waals surface area (Å²) in [7, 11) is 0. The molecule has 1 aromatic carbocycles. The minimum absolute atomic E-state index is 0.163. The van der Waals surface area contributed by atoms with Gasteiger partial charge < -0.3 is 10.6 Å². The molecule has 6 nitrogen and oxygen atoms in total. The van der Waals surface area contributed by atoms with Crippen molar-refractivity contribution in [1.82, 2.24) is 5.32 Å². The van der Waals surface area contributed by atoms with Crippen LogP contribution < -0.4 is 10.6 Å². The van der Waals surface area contributed by atoms with Gasteiger partial charge in [-0.1, -0.05) is 6.07 Å². The Morgan fingerprint density at radius 3 is 2.86 bits per heavy atom. The van der Waals surface area contributed by atoms with Crippen LogP contribution in [0.1, 0.15) is 12.8 Å². The Morgan fingerprint density at radius 1 is 1.48 bits per heavy atom. The van der Waals surface area contributed by atoms with Gasteiger partial charge in [-0.3, -0.25) is 14.9 Å². The van der Waals surface area contributed by atoms with Crippen LogP contribution in [0.15, 0.2) is 18.2 Å². The summed E-state index contributed by atoms with van der Waals surface area (Å²) in [6, 6.07) is 3.49. The maximum Gasteiger partial charge on any atom is 0.295 e. The van der Waals surface area contributed by atoms with Crippen LogP contribution in [0.4, 0.5) is 15.8 Å². The molecule has 114 valence electrons. The Balaban J connectivity index is 1.94. The van der Waals surface area contributed by atoms with Gasteiger partial charge in [0, 0.05) is 11.3 Å². The van der Waals surface area contributed by atoms with Gasteiger partial charge in [-0.15, -0.1) is 11.8 Å². The predicted molar refractivity (Wildman–Crippen MR) is 80.0 cm³/mol. The molecule has 0 radical (unpaired) electrons. The standard InChI is InChI=1S/C13H16FN3O3S/c14-10-2-1-3-11(17(19)20)13(10)16-12(18)8-21-9-4-6-15-7-5-9/h1-3,9,15H,4-8H2,(H,16,18). The van der Waals surface area contributed by atoms with E-state index in [1.165, 1.54) is 23.9 Å². The number of halogens is 1. The zero-order valence-corrected chi connectivity index (χ0v) is 12.1. The van der Waals surface area contributed by atoms with Crippen LogP contribution in [0, 0.1) is 15.9 Å². The third kappa shape index (κ3) is 4.40. The first kappa shape index (κ1) is 15.7. The van der Waals surface area contributed by atoms with E-state index in [4.69, 9.17) is 0 Å². The summed E-state index contributed by atoms with van der Waals surface area (Å²) in [5.74, 6) is -1.06. The first-order chi connectivity index (χ1) is 10.1. The number of hydrogen-bond acceptors (Lipinski definition) is 5. The molecule has 0 atom stereocenters. The van der Waals surface area contributed by atoms with E-state index in [0.29, 0.717) is 5.25 Å². The molecule has 1 amide bonds. The second kappa shape index (κ2) is 7.37. The summed E-state index contributed by atoms with van der Waals surface area (Å²) in [5, 5.41) is 16.8. The number of anilines is 1. The normalized spacial score (nSPS) is 15.7. The summed E-state index contributed by atoms with van der Waals surface area (Å²) in [6.45, 7) is 1.86.